The average Bonchev–Trinajstić information content (AvgIpc) is 2.32. The molecule has 2 atom stereocenters. The third-order valence-electron chi connectivity index (χ3n) is 2.57. The summed E-state index contributed by atoms with van der Waals surface area (Å²) in [6.07, 6.45) is 3.75. The van der Waals surface area contributed by atoms with Gasteiger partial charge in [-0.05, 0) is 39.5 Å². The Bertz CT molecular complexity index is 208. The fourth-order valence-corrected chi connectivity index (χ4v) is 1.92. The highest BCUT2D eigenvalue weighted by atomic mass is 16.6. The molecule has 0 aromatic rings. The molecule has 14 heavy (non-hydrogen) atoms. The fourth-order valence-electron chi connectivity index (χ4n) is 1.92. The van der Waals surface area contributed by atoms with Gasteiger partial charge in [0.2, 0.25) is 0 Å². The molecule has 1 rings (SSSR count). The maximum Gasteiger partial charge on any atom is 0.306 e. The van der Waals surface area contributed by atoms with E-state index in [-0.39, 0.29) is 17.6 Å². The van der Waals surface area contributed by atoms with Crippen molar-refractivity contribution in [2.45, 2.75) is 58.1 Å². The summed E-state index contributed by atoms with van der Waals surface area (Å²) in [6.45, 7) is 5.67. The van der Waals surface area contributed by atoms with E-state index in [0.717, 1.165) is 19.3 Å². The molecule has 3 heteroatoms. The molecule has 0 heterocycles. The number of rotatable bonds is 2. The number of esters is 1. The lowest BCUT2D eigenvalue weighted by Crippen LogP contribution is -2.30. The van der Waals surface area contributed by atoms with Gasteiger partial charge in [-0.25, -0.2) is 0 Å². The van der Waals surface area contributed by atoms with Crippen LogP contribution < -0.4 is 5.73 Å². The summed E-state index contributed by atoms with van der Waals surface area (Å²) >= 11 is 0. The first-order chi connectivity index (χ1) is 6.38. The van der Waals surface area contributed by atoms with E-state index in [1.807, 2.05) is 20.8 Å². The lowest BCUT2D eigenvalue weighted by Gasteiger charge is -2.21. The molecule has 0 bridgehead atoms. The van der Waals surface area contributed by atoms with Crippen LogP contribution in [0.4, 0.5) is 0 Å². The molecule has 82 valence electrons. The van der Waals surface area contributed by atoms with Crippen molar-refractivity contribution in [1.29, 1.82) is 0 Å². The topological polar surface area (TPSA) is 52.3 Å². The Hall–Kier alpha value is -0.570. The van der Waals surface area contributed by atoms with Crippen molar-refractivity contribution in [1.82, 2.24) is 0 Å². The monoisotopic (exact) mass is 199 g/mol. The maximum absolute atomic E-state index is 11.5. The first-order valence-corrected chi connectivity index (χ1v) is 5.36. The van der Waals surface area contributed by atoms with Crippen LogP contribution in [0.15, 0.2) is 0 Å². The standard InChI is InChI=1S/C11H21NO2/c1-11(2,3)14-10(13)7-8-5-4-6-9(8)12/h8-9H,4-7,12H2,1-3H3/t8-,9-/m1/s1. The van der Waals surface area contributed by atoms with Gasteiger partial charge in [0.25, 0.3) is 0 Å². The zero-order valence-corrected chi connectivity index (χ0v) is 9.38. The smallest absolute Gasteiger partial charge is 0.306 e. The van der Waals surface area contributed by atoms with E-state index in [4.69, 9.17) is 10.5 Å². The number of carbonyl (C=O) groups is 1. The first-order valence-electron chi connectivity index (χ1n) is 5.36. The summed E-state index contributed by atoms with van der Waals surface area (Å²) < 4.78 is 5.25. The number of nitrogens with two attached hydrogens (primary N) is 1. The predicted molar refractivity (Wildman–Crippen MR) is 55.8 cm³/mol. The molecule has 0 aromatic heterocycles. The third kappa shape index (κ3) is 3.66. The molecule has 1 aliphatic rings. The molecular formula is C11H21NO2. The minimum Gasteiger partial charge on any atom is -0.460 e. The average molecular weight is 199 g/mol. The highest BCUT2D eigenvalue weighted by molar-refractivity contribution is 5.70. The van der Waals surface area contributed by atoms with Gasteiger partial charge in [-0.2, -0.15) is 0 Å². The second-order valence-corrected chi connectivity index (χ2v) is 5.15. The summed E-state index contributed by atoms with van der Waals surface area (Å²) in [4.78, 5) is 11.5. The van der Waals surface area contributed by atoms with Crippen molar-refractivity contribution >= 4 is 5.97 Å². The highest BCUT2D eigenvalue weighted by Gasteiger charge is 2.28. The van der Waals surface area contributed by atoms with Crippen molar-refractivity contribution < 1.29 is 9.53 Å². The maximum atomic E-state index is 11.5. The van der Waals surface area contributed by atoms with Crippen LogP contribution in [-0.4, -0.2) is 17.6 Å². The van der Waals surface area contributed by atoms with Crippen molar-refractivity contribution in [3.05, 3.63) is 0 Å². The Morgan fingerprint density at radius 2 is 2.07 bits per heavy atom. The molecule has 0 aliphatic heterocycles. The van der Waals surface area contributed by atoms with E-state index >= 15 is 0 Å². The molecule has 0 aromatic carbocycles. The minimum atomic E-state index is -0.375. The number of hydrogen-bond donors (Lipinski definition) is 1. The van der Waals surface area contributed by atoms with Gasteiger partial charge in [0, 0.05) is 12.5 Å². The van der Waals surface area contributed by atoms with Gasteiger partial charge in [0.05, 0.1) is 0 Å². The van der Waals surface area contributed by atoms with E-state index in [2.05, 4.69) is 0 Å². The molecular weight excluding hydrogens is 178 g/mol. The van der Waals surface area contributed by atoms with Crippen molar-refractivity contribution in [3.63, 3.8) is 0 Å². The second kappa shape index (κ2) is 4.30. The molecule has 1 fully saturated rings. The first kappa shape index (κ1) is 11.5. The second-order valence-electron chi connectivity index (χ2n) is 5.15. The lowest BCUT2D eigenvalue weighted by atomic mass is 10.0. The Kier molecular flexibility index (Phi) is 3.53. The molecule has 0 unspecified atom stereocenters. The van der Waals surface area contributed by atoms with Crippen LogP contribution in [0.2, 0.25) is 0 Å². The largest absolute Gasteiger partial charge is 0.460 e. The van der Waals surface area contributed by atoms with Crippen LogP contribution in [0.5, 0.6) is 0 Å². The summed E-state index contributed by atoms with van der Waals surface area (Å²) in [6, 6.07) is 0.197. The van der Waals surface area contributed by atoms with Gasteiger partial charge in [-0.3, -0.25) is 4.79 Å². The van der Waals surface area contributed by atoms with Crippen LogP contribution >= 0.6 is 0 Å². The van der Waals surface area contributed by atoms with Gasteiger partial charge in [-0.15, -0.1) is 0 Å². The van der Waals surface area contributed by atoms with Crippen molar-refractivity contribution in [2.75, 3.05) is 0 Å². The summed E-state index contributed by atoms with van der Waals surface area (Å²) in [5, 5.41) is 0. The van der Waals surface area contributed by atoms with Crippen molar-refractivity contribution in [2.24, 2.45) is 11.7 Å². The van der Waals surface area contributed by atoms with Gasteiger partial charge < -0.3 is 10.5 Å². The summed E-state index contributed by atoms with van der Waals surface area (Å²) in [5.74, 6) is 0.227. The van der Waals surface area contributed by atoms with E-state index in [1.165, 1.54) is 0 Å². The molecule has 1 aliphatic carbocycles. The van der Waals surface area contributed by atoms with Crippen LogP contribution in [0, 0.1) is 5.92 Å². The molecule has 0 spiro atoms. The Morgan fingerprint density at radius 3 is 2.50 bits per heavy atom. The third-order valence-corrected chi connectivity index (χ3v) is 2.57. The predicted octanol–water partition coefficient (Wildman–Crippen LogP) is 1.85. The van der Waals surface area contributed by atoms with E-state index in [0.29, 0.717) is 12.3 Å². The van der Waals surface area contributed by atoms with Gasteiger partial charge in [-0.1, -0.05) is 6.42 Å². The number of carbonyl (C=O) groups excluding carboxylic acids is 1. The quantitative estimate of drug-likeness (QED) is 0.690. The SMILES string of the molecule is CC(C)(C)OC(=O)C[C@H]1CCC[C@H]1N. The molecule has 0 saturated heterocycles. The molecule has 0 radical (unpaired) electrons. The zero-order valence-electron chi connectivity index (χ0n) is 9.38. The molecule has 0 amide bonds. The number of ether oxygens (including phenoxy) is 1. The Labute approximate surface area is 86.0 Å². The normalized spacial score (nSPS) is 27.7. The zero-order chi connectivity index (χ0) is 10.8. The molecule has 2 N–H and O–H groups in total. The van der Waals surface area contributed by atoms with Gasteiger partial charge in [0.1, 0.15) is 5.60 Å². The summed E-state index contributed by atoms with van der Waals surface area (Å²) in [5.41, 5.74) is 5.51. The molecule has 3 nitrogen and oxygen atoms in total. The van der Waals surface area contributed by atoms with E-state index in [1.54, 1.807) is 0 Å². The van der Waals surface area contributed by atoms with Crippen LogP contribution in [0.25, 0.3) is 0 Å². The lowest BCUT2D eigenvalue weighted by molar-refractivity contribution is -0.156. The number of hydrogen-bond acceptors (Lipinski definition) is 3. The minimum absolute atomic E-state index is 0.111. The van der Waals surface area contributed by atoms with Gasteiger partial charge in [0.15, 0.2) is 0 Å². The van der Waals surface area contributed by atoms with E-state index in [9.17, 15) is 4.79 Å². The highest BCUT2D eigenvalue weighted by Crippen LogP contribution is 2.27. The van der Waals surface area contributed by atoms with E-state index < -0.39 is 0 Å². The Morgan fingerprint density at radius 1 is 1.43 bits per heavy atom. The Balaban J connectivity index is 2.33. The molecule has 1 saturated carbocycles. The fraction of sp³-hybridized carbons (Fsp3) is 0.909. The van der Waals surface area contributed by atoms with Crippen molar-refractivity contribution in [3.8, 4) is 0 Å². The van der Waals surface area contributed by atoms with Crippen LogP contribution in [-0.2, 0) is 9.53 Å². The van der Waals surface area contributed by atoms with Crippen LogP contribution in [0.1, 0.15) is 46.5 Å². The summed E-state index contributed by atoms with van der Waals surface area (Å²) in [7, 11) is 0. The van der Waals surface area contributed by atoms with Crippen LogP contribution in [0.3, 0.4) is 0 Å². The van der Waals surface area contributed by atoms with Gasteiger partial charge >= 0.3 is 5.97 Å².